The Morgan fingerprint density at radius 2 is 2.03 bits per heavy atom. The summed E-state index contributed by atoms with van der Waals surface area (Å²) in [5.41, 5.74) is 6.78. The molecule has 0 bridgehead atoms. The predicted molar refractivity (Wildman–Crippen MR) is 135 cm³/mol. The van der Waals surface area contributed by atoms with E-state index in [9.17, 15) is 18.5 Å². The van der Waals surface area contributed by atoms with Crippen LogP contribution in [0.15, 0.2) is 48.2 Å². The lowest BCUT2D eigenvalue weighted by molar-refractivity contribution is 0.0692. The Balaban J connectivity index is 1.76. The van der Waals surface area contributed by atoms with Crippen LogP contribution in [0.3, 0.4) is 0 Å². The minimum atomic E-state index is -2.12. The molecule has 0 fully saturated rings. The Morgan fingerprint density at radius 3 is 2.74 bits per heavy atom. The van der Waals surface area contributed by atoms with E-state index in [-0.39, 0.29) is 18.2 Å². The molecule has 0 amide bonds. The van der Waals surface area contributed by atoms with E-state index in [1.165, 1.54) is 12.1 Å². The molecule has 9 heteroatoms. The van der Waals surface area contributed by atoms with Crippen molar-refractivity contribution in [3.05, 3.63) is 76.4 Å². The molecule has 0 spiro atoms. The normalized spacial score (nSPS) is 13.9. The van der Waals surface area contributed by atoms with Crippen LogP contribution in [-0.2, 0) is 17.7 Å². The first-order chi connectivity index (χ1) is 16.7. The van der Waals surface area contributed by atoms with Crippen molar-refractivity contribution in [1.29, 1.82) is 0 Å². The second-order valence-electron chi connectivity index (χ2n) is 8.94. The Labute approximate surface area is 203 Å². The fraction of sp³-hybridized carbons (Fsp3) is 0.192. The van der Waals surface area contributed by atoms with Gasteiger partial charge in [-0.3, -0.25) is 4.55 Å². The third-order valence-corrected chi connectivity index (χ3v) is 6.78. The van der Waals surface area contributed by atoms with Crippen LogP contribution in [0.2, 0.25) is 0 Å². The first-order valence-electron chi connectivity index (χ1n) is 11.2. The molecule has 180 valence electrons. The van der Waals surface area contributed by atoms with Crippen molar-refractivity contribution in [3.8, 4) is 22.4 Å². The lowest BCUT2D eigenvalue weighted by atomic mass is 9.87. The highest BCUT2D eigenvalue weighted by molar-refractivity contribution is 7.77. The summed E-state index contributed by atoms with van der Waals surface area (Å²) in [7, 11) is 0. The van der Waals surface area contributed by atoms with E-state index in [1.54, 1.807) is 6.20 Å². The molecule has 2 aromatic carbocycles. The average Bonchev–Trinajstić information content (AvgIpc) is 3.52. The van der Waals surface area contributed by atoms with Gasteiger partial charge in [-0.05, 0) is 52.8 Å². The number of hydrogen-bond acceptors (Lipinski definition) is 2. The Morgan fingerprint density at radius 1 is 1.23 bits per heavy atom. The third-order valence-electron chi connectivity index (χ3n) is 6.39. The van der Waals surface area contributed by atoms with Gasteiger partial charge in [-0.2, -0.15) is 0 Å². The summed E-state index contributed by atoms with van der Waals surface area (Å²) in [4.78, 5) is 18.6. The molecule has 0 radical (unpaired) electrons. The number of rotatable bonds is 7. The van der Waals surface area contributed by atoms with Gasteiger partial charge in [0.1, 0.15) is 11.5 Å². The fourth-order valence-corrected chi connectivity index (χ4v) is 5.32. The molecule has 1 aliphatic rings. The zero-order valence-electron chi connectivity index (χ0n) is 19.1. The number of aromatic amines is 2. The molecule has 5 rings (SSSR count). The van der Waals surface area contributed by atoms with Crippen LogP contribution < -0.4 is 4.72 Å². The van der Waals surface area contributed by atoms with Crippen molar-refractivity contribution in [2.24, 2.45) is 0 Å². The minimum Gasteiger partial charge on any atom is -0.477 e. The number of carboxylic acids is 1. The van der Waals surface area contributed by atoms with Crippen molar-refractivity contribution >= 4 is 34.2 Å². The van der Waals surface area contributed by atoms with Crippen molar-refractivity contribution in [2.75, 3.05) is 6.54 Å². The van der Waals surface area contributed by atoms with Crippen LogP contribution >= 0.6 is 0 Å². The van der Waals surface area contributed by atoms with Gasteiger partial charge in [0.15, 0.2) is 0 Å². The van der Waals surface area contributed by atoms with Gasteiger partial charge >= 0.3 is 5.97 Å². The number of nitrogens with one attached hydrogen (secondary N) is 3. The van der Waals surface area contributed by atoms with Gasteiger partial charge in [0.05, 0.1) is 5.69 Å². The molecule has 35 heavy (non-hydrogen) atoms. The second-order valence-corrected chi connectivity index (χ2v) is 9.73. The van der Waals surface area contributed by atoms with E-state index in [0.717, 1.165) is 33.2 Å². The van der Waals surface area contributed by atoms with Gasteiger partial charge in [0, 0.05) is 34.8 Å². The molecule has 1 aliphatic carbocycles. The van der Waals surface area contributed by atoms with E-state index in [4.69, 9.17) is 4.55 Å². The first-order valence-corrected chi connectivity index (χ1v) is 12.3. The number of halogens is 1. The van der Waals surface area contributed by atoms with Crippen LogP contribution in [0.1, 0.15) is 46.9 Å². The minimum absolute atomic E-state index is 0.0430. The monoisotopic (exact) mass is 493 g/mol. The molecular formula is C26H24FN3O4S. The van der Waals surface area contributed by atoms with Gasteiger partial charge in [-0.1, -0.05) is 43.7 Å². The molecule has 2 aromatic heterocycles. The van der Waals surface area contributed by atoms with Gasteiger partial charge in [-0.25, -0.2) is 18.1 Å². The lowest BCUT2D eigenvalue weighted by Gasteiger charge is -2.15. The number of fused-ring (bicyclic) bond motifs is 2. The molecule has 0 aliphatic heterocycles. The summed E-state index contributed by atoms with van der Waals surface area (Å²) < 4.78 is 37.2. The van der Waals surface area contributed by atoms with Crippen molar-refractivity contribution < 1.29 is 23.1 Å². The standard InChI is InChI=1S/C26H24FN3O4S/c1-13(2)22-23(18-5-3-4-15-8-14(9-19(15)18)12-29-35(33)34)25(26(31)32)30-24(22)20-10-16(27)11-21-17(20)6-7-28-21/h3-7,9-11,13,28-30H,8,12H2,1-2H3,(H,31,32)(H,33,34). The molecular weight excluding hydrogens is 469 g/mol. The maximum atomic E-state index is 14.5. The van der Waals surface area contributed by atoms with Crippen LogP contribution in [-0.4, -0.2) is 36.4 Å². The van der Waals surface area contributed by atoms with E-state index in [0.29, 0.717) is 28.8 Å². The smallest absolute Gasteiger partial charge is 0.352 e. The van der Waals surface area contributed by atoms with E-state index < -0.39 is 23.1 Å². The highest BCUT2D eigenvalue weighted by Gasteiger charge is 2.29. The molecule has 7 nitrogen and oxygen atoms in total. The maximum absolute atomic E-state index is 14.5. The summed E-state index contributed by atoms with van der Waals surface area (Å²) in [5, 5.41) is 11.0. The summed E-state index contributed by atoms with van der Waals surface area (Å²) in [6, 6.07) is 10.4. The van der Waals surface area contributed by atoms with Gasteiger partial charge in [0.2, 0.25) is 11.3 Å². The molecule has 1 atom stereocenters. The Kier molecular flexibility index (Phi) is 5.92. The highest BCUT2D eigenvalue weighted by Crippen LogP contribution is 2.45. The first kappa shape index (κ1) is 23.2. The summed E-state index contributed by atoms with van der Waals surface area (Å²) in [5.74, 6) is -1.59. The summed E-state index contributed by atoms with van der Waals surface area (Å²) >= 11 is -2.12. The zero-order chi connectivity index (χ0) is 24.9. The van der Waals surface area contributed by atoms with E-state index >= 15 is 0 Å². The number of hydrogen-bond donors (Lipinski definition) is 5. The molecule has 0 saturated heterocycles. The average molecular weight is 494 g/mol. The largest absolute Gasteiger partial charge is 0.477 e. The van der Waals surface area contributed by atoms with Crippen molar-refractivity contribution in [2.45, 2.75) is 26.2 Å². The van der Waals surface area contributed by atoms with Gasteiger partial charge < -0.3 is 15.1 Å². The lowest BCUT2D eigenvalue weighted by Crippen LogP contribution is -2.18. The van der Waals surface area contributed by atoms with Crippen LogP contribution in [0, 0.1) is 5.82 Å². The number of carbonyl (C=O) groups is 1. The zero-order valence-corrected chi connectivity index (χ0v) is 19.9. The Hall–Kier alpha value is -3.53. The quantitative estimate of drug-likeness (QED) is 0.220. The van der Waals surface area contributed by atoms with Crippen LogP contribution in [0.25, 0.3) is 39.4 Å². The number of benzene rings is 2. The van der Waals surface area contributed by atoms with Crippen LogP contribution in [0.4, 0.5) is 4.39 Å². The van der Waals surface area contributed by atoms with Gasteiger partial charge in [-0.15, -0.1) is 0 Å². The molecule has 4 aromatic rings. The molecule has 2 heterocycles. The number of aromatic carboxylic acids is 1. The molecule has 1 unspecified atom stereocenters. The van der Waals surface area contributed by atoms with E-state index in [2.05, 4.69) is 14.7 Å². The number of carboxylic acid groups (broad SMARTS) is 1. The van der Waals surface area contributed by atoms with E-state index in [1.807, 2.05) is 44.2 Å². The molecule has 5 N–H and O–H groups in total. The number of H-pyrrole nitrogens is 2. The summed E-state index contributed by atoms with van der Waals surface area (Å²) in [6.07, 6.45) is 4.27. The molecule has 0 saturated carbocycles. The van der Waals surface area contributed by atoms with Crippen molar-refractivity contribution in [1.82, 2.24) is 14.7 Å². The van der Waals surface area contributed by atoms with Gasteiger partial charge in [0.25, 0.3) is 0 Å². The van der Waals surface area contributed by atoms with Crippen LogP contribution in [0.5, 0.6) is 0 Å². The Bertz CT molecular complexity index is 1530. The summed E-state index contributed by atoms with van der Waals surface area (Å²) in [6.45, 7) is 4.22. The second kappa shape index (κ2) is 8.92. The van der Waals surface area contributed by atoms with Crippen molar-refractivity contribution in [3.63, 3.8) is 0 Å². The predicted octanol–water partition coefficient (Wildman–Crippen LogP) is 5.46. The topological polar surface area (TPSA) is 118 Å². The maximum Gasteiger partial charge on any atom is 0.352 e. The highest BCUT2D eigenvalue weighted by atomic mass is 32.2. The SMILES string of the molecule is CC(C)c1c(-c2cc(F)cc3[nH]ccc23)[nH]c(C(=O)O)c1-c1cccc2c1C=C(CNS(=O)O)C2. The fourth-order valence-electron chi connectivity index (χ4n) is 5.01. The third kappa shape index (κ3) is 4.12. The number of aromatic nitrogens is 2.